The summed E-state index contributed by atoms with van der Waals surface area (Å²) >= 11 is 3.38. The highest BCUT2D eigenvalue weighted by atomic mass is 79.9. The largest absolute Gasteiger partial charge is 0.486 e. The molecule has 0 fully saturated rings. The van der Waals surface area contributed by atoms with Crippen LogP contribution in [-0.2, 0) is 19.6 Å². The summed E-state index contributed by atoms with van der Waals surface area (Å²) in [6.45, 7) is 0.917. The number of Topliss-reactive ketones (excluding diaryl/α,β-unsaturated/α-hetero) is 1. The molecule has 1 aliphatic rings. The average Bonchev–Trinajstić information content (AvgIpc) is 3.29. The Kier molecular flexibility index (Phi) is 5.76. The molecule has 8 heteroatoms. The normalized spacial score (nSPS) is 14.5. The van der Waals surface area contributed by atoms with Gasteiger partial charge in [-0.05, 0) is 49.2 Å². The molecule has 1 aliphatic heterocycles. The second-order valence-corrected chi connectivity index (χ2v) is 7.79. The number of carbonyl (C=O) groups excluding carboxylic acids is 1. The van der Waals surface area contributed by atoms with Crippen molar-refractivity contribution in [2.45, 2.75) is 44.8 Å². The molecule has 148 valence electrons. The first kappa shape index (κ1) is 19.4. The van der Waals surface area contributed by atoms with Crippen molar-refractivity contribution in [2.75, 3.05) is 0 Å². The van der Waals surface area contributed by atoms with Crippen LogP contribution in [0, 0.1) is 11.3 Å². The molecule has 29 heavy (non-hydrogen) atoms. The van der Waals surface area contributed by atoms with Gasteiger partial charge in [0.1, 0.15) is 23.9 Å². The van der Waals surface area contributed by atoms with Gasteiger partial charge in [0.2, 0.25) is 5.78 Å². The Morgan fingerprint density at radius 2 is 2.03 bits per heavy atom. The van der Waals surface area contributed by atoms with Crippen LogP contribution >= 0.6 is 15.9 Å². The molecule has 3 aromatic rings. The number of aromatic nitrogens is 3. The molecule has 1 aromatic carbocycles. The van der Waals surface area contributed by atoms with E-state index in [1.807, 2.05) is 28.8 Å². The summed E-state index contributed by atoms with van der Waals surface area (Å²) in [4.78, 5) is 12.9. The molecule has 0 radical (unpaired) electrons. The number of rotatable bonds is 6. The van der Waals surface area contributed by atoms with Gasteiger partial charge in [0.15, 0.2) is 17.5 Å². The lowest BCUT2D eigenvalue weighted by atomic mass is 10.0. The van der Waals surface area contributed by atoms with Gasteiger partial charge in [-0.1, -0.05) is 22.4 Å². The number of ketones is 1. The maximum Gasteiger partial charge on any atom is 0.222 e. The molecular formula is C21H19BrN4O3. The lowest BCUT2D eigenvalue weighted by Crippen LogP contribution is -2.17. The first-order chi connectivity index (χ1) is 14.2. The number of fused-ring (bicyclic) bond motifs is 1. The van der Waals surface area contributed by atoms with E-state index in [0.717, 1.165) is 42.5 Å². The predicted molar refractivity (Wildman–Crippen MR) is 107 cm³/mol. The van der Waals surface area contributed by atoms with E-state index in [1.165, 1.54) is 0 Å². The monoisotopic (exact) mass is 454 g/mol. The number of carbonyl (C=O) groups is 1. The van der Waals surface area contributed by atoms with Gasteiger partial charge in [-0.15, -0.1) is 10.2 Å². The van der Waals surface area contributed by atoms with Crippen LogP contribution in [0.5, 0.6) is 5.75 Å². The van der Waals surface area contributed by atoms with E-state index < -0.39 is 11.7 Å². The molecule has 0 bridgehead atoms. The fourth-order valence-corrected chi connectivity index (χ4v) is 3.63. The zero-order valence-electron chi connectivity index (χ0n) is 15.7. The number of aryl methyl sites for hydroxylation is 1. The van der Waals surface area contributed by atoms with Crippen LogP contribution in [-0.4, -0.2) is 20.5 Å². The summed E-state index contributed by atoms with van der Waals surface area (Å²) in [6.07, 6.45) is 3.96. The van der Waals surface area contributed by atoms with Crippen LogP contribution in [0.3, 0.4) is 0 Å². The Morgan fingerprint density at radius 1 is 1.21 bits per heavy atom. The first-order valence-electron chi connectivity index (χ1n) is 9.48. The molecule has 1 atom stereocenters. The highest BCUT2D eigenvalue weighted by molar-refractivity contribution is 9.10. The predicted octanol–water partition coefficient (Wildman–Crippen LogP) is 4.43. The van der Waals surface area contributed by atoms with Crippen molar-refractivity contribution in [3.05, 3.63) is 64.0 Å². The van der Waals surface area contributed by atoms with Gasteiger partial charge in [-0.2, -0.15) is 5.26 Å². The highest BCUT2D eigenvalue weighted by Gasteiger charge is 2.31. The zero-order chi connectivity index (χ0) is 20.2. The van der Waals surface area contributed by atoms with Gasteiger partial charge in [-0.25, -0.2) is 0 Å². The van der Waals surface area contributed by atoms with Gasteiger partial charge in [0, 0.05) is 17.4 Å². The van der Waals surface area contributed by atoms with E-state index in [9.17, 15) is 10.1 Å². The number of benzene rings is 1. The van der Waals surface area contributed by atoms with Crippen LogP contribution in [0.15, 0.2) is 45.3 Å². The third-order valence-corrected chi connectivity index (χ3v) is 5.42. The van der Waals surface area contributed by atoms with E-state index in [-0.39, 0.29) is 12.4 Å². The summed E-state index contributed by atoms with van der Waals surface area (Å²) in [5.41, 5.74) is 0. The van der Waals surface area contributed by atoms with Crippen molar-refractivity contribution in [2.24, 2.45) is 0 Å². The molecule has 0 spiro atoms. The first-order valence-corrected chi connectivity index (χ1v) is 10.3. The smallest absolute Gasteiger partial charge is 0.222 e. The lowest BCUT2D eigenvalue weighted by Gasteiger charge is -2.10. The van der Waals surface area contributed by atoms with Gasteiger partial charge in [0.25, 0.3) is 0 Å². The summed E-state index contributed by atoms with van der Waals surface area (Å²) in [5, 5.41) is 18.0. The lowest BCUT2D eigenvalue weighted by molar-refractivity contribution is 0.0943. The number of nitriles is 1. The summed E-state index contributed by atoms with van der Waals surface area (Å²) < 4.78 is 14.2. The standard InChI is InChI=1S/C21H19BrN4O3/c22-14-5-7-15(8-6-14)28-13-16-9-10-18(29-16)20(27)17(12-23)21-25-24-19-4-2-1-3-11-26(19)21/h5-10,17H,1-4,11,13H2. The van der Waals surface area contributed by atoms with Gasteiger partial charge >= 0.3 is 0 Å². The van der Waals surface area contributed by atoms with Crippen LogP contribution in [0.2, 0.25) is 0 Å². The number of ether oxygens (including phenoxy) is 1. The molecule has 0 amide bonds. The Bertz CT molecular complexity index is 1050. The van der Waals surface area contributed by atoms with Gasteiger partial charge < -0.3 is 13.7 Å². The van der Waals surface area contributed by atoms with Crippen LogP contribution in [0.25, 0.3) is 0 Å². The molecule has 2 aromatic heterocycles. The third kappa shape index (κ3) is 4.25. The van der Waals surface area contributed by atoms with E-state index in [1.54, 1.807) is 12.1 Å². The molecule has 0 saturated heterocycles. The van der Waals surface area contributed by atoms with Gasteiger partial charge in [-0.3, -0.25) is 4.79 Å². The number of hydrogen-bond donors (Lipinski definition) is 0. The Balaban J connectivity index is 1.48. The van der Waals surface area contributed by atoms with E-state index in [2.05, 4.69) is 32.2 Å². The van der Waals surface area contributed by atoms with Crippen molar-refractivity contribution in [1.29, 1.82) is 5.26 Å². The molecular weight excluding hydrogens is 436 g/mol. The second kappa shape index (κ2) is 8.62. The summed E-state index contributed by atoms with van der Waals surface area (Å²) in [6, 6.07) is 12.8. The molecule has 7 nitrogen and oxygen atoms in total. The van der Waals surface area contributed by atoms with E-state index >= 15 is 0 Å². The Hall–Kier alpha value is -2.92. The van der Waals surface area contributed by atoms with Crippen LogP contribution in [0.1, 0.15) is 53.1 Å². The number of halogens is 1. The molecule has 0 aliphatic carbocycles. The van der Waals surface area contributed by atoms with Crippen molar-refractivity contribution >= 4 is 21.7 Å². The number of furan rings is 1. The topological polar surface area (TPSA) is 93.9 Å². The fraction of sp³-hybridized carbons (Fsp3) is 0.333. The van der Waals surface area contributed by atoms with Crippen molar-refractivity contribution < 1.29 is 13.9 Å². The Labute approximate surface area is 176 Å². The molecule has 3 heterocycles. The van der Waals surface area contributed by atoms with Crippen LogP contribution in [0.4, 0.5) is 0 Å². The quantitative estimate of drug-likeness (QED) is 0.511. The van der Waals surface area contributed by atoms with Crippen molar-refractivity contribution in [1.82, 2.24) is 14.8 Å². The number of nitrogens with zero attached hydrogens (tertiary/aromatic N) is 4. The fourth-order valence-electron chi connectivity index (χ4n) is 3.37. The van der Waals surface area contributed by atoms with E-state index in [4.69, 9.17) is 9.15 Å². The van der Waals surface area contributed by atoms with Crippen molar-refractivity contribution in [3.8, 4) is 11.8 Å². The molecule has 0 saturated carbocycles. The summed E-state index contributed by atoms with van der Waals surface area (Å²) in [7, 11) is 0. The minimum Gasteiger partial charge on any atom is -0.486 e. The molecule has 4 rings (SSSR count). The minimum atomic E-state index is -1.04. The minimum absolute atomic E-state index is 0.122. The second-order valence-electron chi connectivity index (χ2n) is 6.87. The third-order valence-electron chi connectivity index (χ3n) is 4.89. The van der Waals surface area contributed by atoms with Crippen LogP contribution < -0.4 is 4.74 Å². The van der Waals surface area contributed by atoms with Crippen molar-refractivity contribution in [3.63, 3.8) is 0 Å². The molecule has 0 N–H and O–H groups in total. The highest BCUT2D eigenvalue weighted by Crippen LogP contribution is 2.25. The maximum atomic E-state index is 12.9. The number of hydrogen-bond acceptors (Lipinski definition) is 6. The maximum absolute atomic E-state index is 12.9. The van der Waals surface area contributed by atoms with Gasteiger partial charge in [0.05, 0.1) is 6.07 Å². The molecule has 1 unspecified atom stereocenters. The Morgan fingerprint density at radius 3 is 2.83 bits per heavy atom. The zero-order valence-corrected chi connectivity index (χ0v) is 17.3. The SMILES string of the molecule is N#CC(C(=O)c1ccc(COc2ccc(Br)cc2)o1)c1nnc2n1CCCCC2. The van der Waals surface area contributed by atoms with E-state index in [0.29, 0.717) is 17.3 Å². The average molecular weight is 455 g/mol. The summed E-state index contributed by atoms with van der Waals surface area (Å²) in [5.74, 6) is 1.11.